The van der Waals surface area contributed by atoms with Crippen LogP contribution in [0, 0.1) is 5.92 Å². The average Bonchev–Trinajstić information content (AvgIpc) is 3.15. The highest BCUT2D eigenvalue weighted by atomic mass is 16.5. The fourth-order valence-corrected chi connectivity index (χ4v) is 3.37. The fraction of sp³-hybridized carbons (Fsp3) is 0.471. The molecule has 1 aromatic heterocycles. The van der Waals surface area contributed by atoms with E-state index in [2.05, 4.69) is 20.9 Å². The predicted molar refractivity (Wildman–Crippen MR) is 87.3 cm³/mol. The third-order valence-electron chi connectivity index (χ3n) is 4.69. The number of nitrogens with zero attached hydrogens (tertiary/aromatic N) is 4. The smallest absolute Gasteiger partial charge is 0.228 e. The van der Waals surface area contributed by atoms with Crippen molar-refractivity contribution in [1.29, 1.82) is 0 Å². The van der Waals surface area contributed by atoms with Crippen LogP contribution in [0.3, 0.4) is 0 Å². The Hall–Kier alpha value is -2.21. The number of para-hydroxylation sites is 1. The molecule has 1 aromatic carbocycles. The lowest BCUT2D eigenvalue weighted by Crippen LogP contribution is -2.50. The first-order valence-electron chi connectivity index (χ1n) is 8.14. The minimum Gasteiger partial charge on any atom is -0.381 e. The number of anilines is 1. The summed E-state index contributed by atoms with van der Waals surface area (Å²) in [7, 11) is 0. The lowest BCUT2D eigenvalue weighted by atomic mass is 10.1. The zero-order chi connectivity index (χ0) is 15.6. The molecular formula is C17H20N4O2. The number of rotatable bonds is 2. The summed E-state index contributed by atoms with van der Waals surface area (Å²) in [6.07, 6.45) is 2.47. The predicted octanol–water partition coefficient (Wildman–Crippen LogP) is 1.31. The largest absolute Gasteiger partial charge is 0.381 e. The zero-order valence-electron chi connectivity index (χ0n) is 13.0. The van der Waals surface area contributed by atoms with Crippen molar-refractivity contribution in [1.82, 2.24) is 14.9 Å². The lowest BCUT2D eigenvalue weighted by molar-refractivity contribution is -0.135. The highest BCUT2D eigenvalue weighted by Gasteiger charge is 2.30. The molecule has 0 N–H and O–H groups in total. The van der Waals surface area contributed by atoms with Crippen LogP contribution in [-0.2, 0) is 9.53 Å². The van der Waals surface area contributed by atoms with E-state index in [9.17, 15) is 4.79 Å². The van der Waals surface area contributed by atoms with Gasteiger partial charge in [-0.15, -0.1) is 0 Å². The molecular weight excluding hydrogens is 292 g/mol. The van der Waals surface area contributed by atoms with Crippen molar-refractivity contribution in [2.75, 3.05) is 44.3 Å². The number of amides is 1. The van der Waals surface area contributed by atoms with Crippen molar-refractivity contribution in [3.8, 4) is 0 Å². The Morgan fingerprint density at radius 2 is 1.96 bits per heavy atom. The number of benzene rings is 1. The van der Waals surface area contributed by atoms with Gasteiger partial charge < -0.3 is 14.5 Å². The van der Waals surface area contributed by atoms with Gasteiger partial charge in [0, 0.05) is 38.2 Å². The van der Waals surface area contributed by atoms with E-state index in [0.29, 0.717) is 13.2 Å². The third-order valence-corrected chi connectivity index (χ3v) is 4.69. The number of hydrogen-bond donors (Lipinski definition) is 0. The Morgan fingerprint density at radius 1 is 1.13 bits per heavy atom. The van der Waals surface area contributed by atoms with Crippen LogP contribution in [0.15, 0.2) is 30.6 Å². The van der Waals surface area contributed by atoms with Crippen molar-refractivity contribution < 1.29 is 9.53 Å². The van der Waals surface area contributed by atoms with Crippen LogP contribution in [0.1, 0.15) is 6.42 Å². The minimum absolute atomic E-state index is 0.0569. The van der Waals surface area contributed by atoms with Crippen molar-refractivity contribution in [2.24, 2.45) is 5.92 Å². The van der Waals surface area contributed by atoms with Crippen molar-refractivity contribution in [3.05, 3.63) is 30.6 Å². The summed E-state index contributed by atoms with van der Waals surface area (Å²) in [5, 5.41) is 1.07. The van der Waals surface area contributed by atoms with Gasteiger partial charge in [-0.1, -0.05) is 12.1 Å². The number of piperazine rings is 1. The first-order valence-corrected chi connectivity index (χ1v) is 8.14. The average molecular weight is 312 g/mol. The van der Waals surface area contributed by atoms with Crippen LogP contribution < -0.4 is 4.90 Å². The molecule has 2 fully saturated rings. The second kappa shape index (κ2) is 6.12. The van der Waals surface area contributed by atoms with E-state index in [0.717, 1.165) is 49.3 Å². The lowest BCUT2D eigenvalue weighted by Gasteiger charge is -2.36. The van der Waals surface area contributed by atoms with E-state index in [1.165, 1.54) is 0 Å². The van der Waals surface area contributed by atoms with Gasteiger partial charge in [0.15, 0.2) is 0 Å². The molecule has 6 heteroatoms. The molecule has 1 atom stereocenters. The van der Waals surface area contributed by atoms with Crippen molar-refractivity contribution in [2.45, 2.75) is 6.42 Å². The maximum absolute atomic E-state index is 12.5. The number of carbonyl (C=O) groups excluding carboxylic acids is 1. The SMILES string of the molecule is O=C([C@H]1CCOC1)N1CCN(c2ncnc3ccccc23)CC1. The molecule has 0 spiro atoms. The highest BCUT2D eigenvalue weighted by Crippen LogP contribution is 2.24. The Labute approximate surface area is 135 Å². The maximum Gasteiger partial charge on any atom is 0.228 e. The quantitative estimate of drug-likeness (QED) is 0.837. The molecule has 2 aliphatic heterocycles. The Morgan fingerprint density at radius 3 is 2.74 bits per heavy atom. The molecule has 2 aliphatic rings. The Kier molecular flexibility index (Phi) is 3.83. The van der Waals surface area contributed by atoms with Gasteiger partial charge in [0.1, 0.15) is 12.1 Å². The number of carbonyl (C=O) groups is 1. The zero-order valence-corrected chi connectivity index (χ0v) is 13.0. The van der Waals surface area contributed by atoms with Gasteiger partial charge in [0.2, 0.25) is 5.91 Å². The summed E-state index contributed by atoms with van der Waals surface area (Å²) in [6.45, 7) is 4.39. The van der Waals surface area contributed by atoms with Gasteiger partial charge in [-0.05, 0) is 18.6 Å². The van der Waals surface area contributed by atoms with E-state index in [1.807, 2.05) is 23.1 Å². The van der Waals surface area contributed by atoms with Crippen molar-refractivity contribution in [3.63, 3.8) is 0 Å². The van der Waals surface area contributed by atoms with Gasteiger partial charge in [-0.2, -0.15) is 0 Å². The normalized spacial score (nSPS) is 21.8. The van der Waals surface area contributed by atoms with Crippen LogP contribution in [0.2, 0.25) is 0 Å². The van der Waals surface area contributed by atoms with Gasteiger partial charge in [0.25, 0.3) is 0 Å². The molecule has 0 unspecified atom stereocenters. The molecule has 4 rings (SSSR count). The molecule has 0 radical (unpaired) electrons. The number of aromatic nitrogens is 2. The molecule has 0 saturated carbocycles. The molecule has 23 heavy (non-hydrogen) atoms. The van der Waals surface area contributed by atoms with Gasteiger partial charge >= 0.3 is 0 Å². The van der Waals surface area contributed by atoms with E-state index in [1.54, 1.807) is 6.33 Å². The van der Waals surface area contributed by atoms with Crippen LogP contribution in [0.5, 0.6) is 0 Å². The van der Waals surface area contributed by atoms with Crippen LogP contribution in [0.4, 0.5) is 5.82 Å². The summed E-state index contributed by atoms with van der Waals surface area (Å²) in [4.78, 5) is 25.5. The van der Waals surface area contributed by atoms with Crippen LogP contribution >= 0.6 is 0 Å². The summed E-state index contributed by atoms with van der Waals surface area (Å²) < 4.78 is 5.33. The fourth-order valence-electron chi connectivity index (χ4n) is 3.37. The Balaban J connectivity index is 1.47. The number of ether oxygens (including phenoxy) is 1. The van der Waals surface area contributed by atoms with Crippen LogP contribution in [-0.4, -0.2) is 60.2 Å². The van der Waals surface area contributed by atoms with Crippen LogP contribution in [0.25, 0.3) is 10.9 Å². The summed E-state index contributed by atoms with van der Waals surface area (Å²) in [5.41, 5.74) is 0.958. The van der Waals surface area contributed by atoms with E-state index in [-0.39, 0.29) is 11.8 Å². The van der Waals surface area contributed by atoms with Crippen molar-refractivity contribution >= 4 is 22.6 Å². The second-order valence-corrected chi connectivity index (χ2v) is 6.09. The van der Waals surface area contributed by atoms with E-state index < -0.39 is 0 Å². The summed E-state index contributed by atoms with van der Waals surface area (Å²) in [6, 6.07) is 8.05. The molecule has 120 valence electrons. The van der Waals surface area contributed by atoms with Gasteiger partial charge in [-0.3, -0.25) is 4.79 Å². The molecule has 3 heterocycles. The first-order chi connectivity index (χ1) is 11.3. The molecule has 2 aromatic rings. The summed E-state index contributed by atoms with van der Waals surface area (Å²) >= 11 is 0. The standard InChI is InChI=1S/C17H20N4O2/c22-17(13-5-10-23-11-13)21-8-6-20(7-9-21)16-14-3-1-2-4-15(14)18-12-19-16/h1-4,12-13H,5-11H2/t13-/m0/s1. The number of fused-ring (bicyclic) bond motifs is 1. The Bertz CT molecular complexity index is 701. The number of hydrogen-bond acceptors (Lipinski definition) is 5. The molecule has 1 amide bonds. The maximum atomic E-state index is 12.5. The minimum atomic E-state index is 0.0569. The molecule has 2 saturated heterocycles. The molecule has 6 nitrogen and oxygen atoms in total. The van der Waals surface area contributed by atoms with Gasteiger partial charge in [0.05, 0.1) is 18.0 Å². The molecule has 0 bridgehead atoms. The highest BCUT2D eigenvalue weighted by molar-refractivity contribution is 5.89. The monoisotopic (exact) mass is 312 g/mol. The summed E-state index contributed by atoms with van der Waals surface area (Å²) in [5.74, 6) is 1.27. The second-order valence-electron chi connectivity index (χ2n) is 6.09. The third kappa shape index (κ3) is 2.74. The van der Waals surface area contributed by atoms with E-state index >= 15 is 0 Å². The van der Waals surface area contributed by atoms with Gasteiger partial charge in [-0.25, -0.2) is 9.97 Å². The van der Waals surface area contributed by atoms with E-state index in [4.69, 9.17) is 4.74 Å². The topological polar surface area (TPSA) is 58.6 Å². The first kappa shape index (κ1) is 14.4. The molecule has 0 aliphatic carbocycles.